The molecule has 0 saturated heterocycles. The molecule has 0 radical (unpaired) electrons. The number of hydrogen-bond acceptors (Lipinski definition) is 6. The normalized spacial score (nSPS) is 12.4. The molecular weight excluding hydrogens is 949 g/mol. The first-order chi connectivity index (χ1) is 38.0. The number of carbonyl (C=O) groups is 3. The van der Waals surface area contributed by atoms with E-state index in [0.717, 1.165) is 96.3 Å². The number of esters is 3. The number of unbranched alkanes of at least 4 members (excludes halogenated alkanes) is 41. The molecule has 0 aliphatic carbocycles. The summed E-state index contributed by atoms with van der Waals surface area (Å²) in [5.41, 5.74) is 0. The van der Waals surface area contributed by atoms with Crippen LogP contribution >= 0.6 is 0 Å². The largest absolute Gasteiger partial charge is 0.462 e. The number of hydrogen-bond donors (Lipinski definition) is 0. The predicted molar refractivity (Wildman–Crippen MR) is 335 cm³/mol. The Morgan fingerprint density at radius 1 is 0.273 bits per heavy atom. The minimum Gasteiger partial charge on any atom is -0.462 e. The molecule has 0 N–H and O–H groups in total. The zero-order valence-corrected chi connectivity index (χ0v) is 51.5. The van der Waals surface area contributed by atoms with Crippen molar-refractivity contribution in [2.75, 3.05) is 13.2 Å². The van der Waals surface area contributed by atoms with Crippen molar-refractivity contribution in [3.63, 3.8) is 0 Å². The van der Waals surface area contributed by atoms with Gasteiger partial charge in [0.2, 0.25) is 0 Å². The van der Waals surface area contributed by atoms with E-state index in [4.69, 9.17) is 14.2 Å². The third kappa shape index (κ3) is 63.8. The van der Waals surface area contributed by atoms with Crippen molar-refractivity contribution in [1.29, 1.82) is 0 Å². The molecule has 0 bridgehead atoms. The highest BCUT2D eigenvalue weighted by atomic mass is 16.6. The summed E-state index contributed by atoms with van der Waals surface area (Å²) in [6, 6.07) is 0. The highest BCUT2D eigenvalue weighted by Crippen LogP contribution is 2.18. The second-order valence-electron chi connectivity index (χ2n) is 22.7. The Labute approximate surface area is 479 Å². The van der Waals surface area contributed by atoms with E-state index >= 15 is 0 Å². The second-order valence-corrected chi connectivity index (χ2v) is 22.7. The van der Waals surface area contributed by atoms with Gasteiger partial charge in [0.1, 0.15) is 13.2 Å². The Hall–Kier alpha value is -2.89. The molecule has 0 aromatic heterocycles. The Balaban J connectivity index is 4.27. The van der Waals surface area contributed by atoms with E-state index in [1.807, 2.05) is 0 Å². The summed E-state index contributed by atoms with van der Waals surface area (Å²) in [6.45, 7) is 6.55. The van der Waals surface area contributed by atoms with Crippen LogP contribution < -0.4 is 0 Å². The van der Waals surface area contributed by atoms with Gasteiger partial charge in [-0.1, -0.05) is 313 Å². The van der Waals surface area contributed by atoms with Gasteiger partial charge in [-0.25, -0.2) is 0 Å². The lowest BCUT2D eigenvalue weighted by atomic mass is 10.0. The lowest BCUT2D eigenvalue weighted by molar-refractivity contribution is -0.167. The lowest BCUT2D eigenvalue weighted by Crippen LogP contribution is -2.30. The van der Waals surface area contributed by atoms with Crippen LogP contribution in [0.2, 0.25) is 0 Å². The van der Waals surface area contributed by atoms with Crippen LogP contribution in [0.4, 0.5) is 0 Å². The maximum absolute atomic E-state index is 12.9. The zero-order chi connectivity index (χ0) is 55.7. The number of carbonyl (C=O) groups excluding carboxylic acids is 3. The van der Waals surface area contributed by atoms with Crippen LogP contribution in [0, 0.1) is 0 Å². The minimum absolute atomic E-state index is 0.0766. The summed E-state index contributed by atoms with van der Waals surface area (Å²) in [6.07, 6.45) is 83.8. The highest BCUT2D eigenvalue weighted by molar-refractivity contribution is 5.71. The molecule has 0 heterocycles. The van der Waals surface area contributed by atoms with Crippen LogP contribution in [-0.4, -0.2) is 37.2 Å². The molecule has 6 nitrogen and oxygen atoms in total. The van der Waals surface area contributed by atoms with E-state index in [9.17, 15) is 14.4 Å². The molecular formula is C71H128O6. The Bertz CT molecular complexity index is 1380. The van der Waals surface area contributed by atoms with E-state index < -0.39 is 6.10 Å². The van der Waals surface area contributed by atoms with Gasteiger partial charge in [-0.3, -0.25) is 14.4 Å². The minimum atomic E-state index is -0.782. The van der Waals surface area contributed by atoms with Crippen molar-refractivity contribution < 1.29 is 28.6 Å². The van der Waals surface area contributed by atoms with Gasteiger partial charge in [0.05, 0.1) is 0 Å². The molecule has 0 aliphatic heterocycles. The molecule has 0 amide bonds. The Kier molecular flexibility index (Phi) is 63.2. The first kappa shape index (κ1) is 74.1. The van der Waals surface area contributed by atoms with Crippen LogP contribution in [-0.2, 0) is 28.6 Å². The van der Waals surface area contributed by atoms with Crippen LogP contribution in [0.1, 0.15) is 355 Å². The maximum atomic E-state index is 12.9. The first-order valence-electron chi connectivity index (χ1n) is 33.8. The molecule has 0 rings (SSSR count). The summed E-state index contributed by atoms with van der Waals surface area (Å²) in [4.78, 5) is 38.4. The van der Waals surface area contributed by atoms with E-state index in [-0.39, 0.29) is 31.1 Å². The SMILES string of the molecule is CC/C=C\C/C=C\C/C=C\C/C=C\CCCCCCCCCCC(=O)OC(COC(=O)CCCCCCC/C=C\CCCCCC)COC(=O)CCCCCCCCCCCCCCCCCCCCCCCCCCC. The summed E-state index contributed by atoms with van der Waals surface area (Å²) in [5.74, 6) is -0.873. The molecule has 6 heteroatoms. The Morgan fingerprint density at radius 3 is 0.818 bits per heavy atom. The van der Waals surface area contributed by atoms with Crippen molar-refractivity contribution in [1.82, 2.24) is 0 Å². The summed E-state index contributed by atoms with van der Waals surface area (Å²) >= 11 is 0. The van der Waals surface area contributed by atoms with E-state index in [1.54, 1.807) is 0 Å². The van der Waals surface area contributed by atoms with E-state index in [0.29, 0.717) is 19.3 Å². The van der Waals surface area contributed by atoms with Crippen molar-refractivity contribution in [3.05, 3.63) is 60.8 Å². The van der Waals surface area contributed by atoms with Gasteiger partial charge in [0, 0.05) is 19.3 Å². The standard InChI is InChI=1S/C71H128O6/c1-4-7-10-13-16-19-22-25-27-29-31-33-34-35-36-38-39-41-43-46-49-52-55-58-61-64-70(73)76-67-68(66-75-69(72)63-60-57-54-51-48-45-24-21-18-15-12-9-6-3)77-71(74)65-62-59-56-53-50-47-44-42-40-37-32-30-28-26-23-20-17-14-11-8-5-2/h8,11,17,20-21,24,26,28,32,37,68H,4-7,9-10,12-16,18-19,22-23,25,27,29-31,33-36,38-67H2,1-3H3/b11-8-,20-17-,24-21-,28-26-,37-32-. The fraction of sp³-hybridized carbons (Fsp3) is 0.817. The molecule has 77 heavy (non-hydrogen) atoms. The van der Waals surface area contributed by atoms with Gasteiger partial charge >= 0.3 is 17.9 Å². The highest BCUT2D eigenvalue weighted by Gasteiger charge is 2.19. The third-order valence-corrected chi connectivity index (χ3v) is 15.0. The molecule has 0 aromatic carbocycles. The van der Waals surface area contributed by atoms with Crippen molar-refractivity contribution in [2.45, 2.75) is 361 Å². The number of allylic oxidation sites excluding steroid dienone is 10. The third-order valence-electron chi connectivity index (χ3n) is 15.0. The van der Waals surface area contributed by atoms with Gasteiger partial charge in [0.25, 0.3) is 0 Å². The summed E-state index contributed by atoms with van der Waals surface area (Å²) in [7, 11) is 0. The van der Waals surface area contributed by atoms with Gasteiger partial charge < -0.3 is 14.2 Å². The van der Waals surface area contributed by atoms with E-state index in [1.165, 1.54) is 218 Å². The fourth-order valence-electron chi connectivity index (χ4n) is 9.96. The molecule has 0 saturated carbocycles. The number of ether oxygens (including phenoxy) is 3. The molecule has 0 aliphatic rings. The van der Waals surface area contributed by atoms with Crippen LogP contribution in [0.5, 0.6) is 0 Å². The number of rotatable bonds is 62. The van der Waals surface area contributed by atoms with Gasteiger partial charge in [-0.2, -0.15) is 0 Å². The average Bonchev–Trinajstić information content (AvgIpc) is 3.43. The van der Waals surface area contributed by atoms with Gasteiger partial charge in [-0.05, 0) is 83.5 Å². The quantitative estimate of drug-likeness (QED) is 0.0261. The van der Waals surface area contributed by atoms with Crippen molar-refractivity contribution in [2.24, 2.45) is 0 Å². The molecule has 1 atom stereocenters. The van der Waals surface area contributed by atoms with Crippen LogP contribution in [0.25, 0.3) is 0 Å². The Morgan fingerprint density at radius 2 is 0.506 bits per heavy atom. The molecule has 448 valence electrons. The van der Waals surface area contributed by atoms with Crippen molar-refractivity contribution in [3.8, 4) is 0 Å². The van der Waals surface area contributed by atoms with Crippen molar-refractivity contribution >= 4 is 17.9 Å². The fourth-order valence-corrected chi connectivity index (χ4v) is 9.96. The molecule has 0 fully saturated rings. The zero-order valence-electron chi connectivity index (χ0n) is 51.5. The maximum Gasteiger partial charge on any atom is 0.306 e. The average molecular weight is 1080 g/mol. The van der Waals surface area contributed by atoms with Crippen LogP contribution in [0.15, 0.2) is 60.8 Å². The van der Waals surface area contributed by atoms with Gasteiger partial charge in [0.15, 0.2) is 6.10 Å². The molecule has 0 aromatic rings. The van der Waals surface area contributed by atoms with E-state index in [2.05, 4.69) is 81.5 Å². The summed E-state index contributed by atoms with van der Waals surface area (Å²) < 4.78 is 17.0. The smallest absolute Gasteiger partial charge is 0.306 e. The second kappa shape index (κ2) is 65.6. The lowest BCUT2D eigenvalue weighted by Gasteiger charge is -2.18. The molecule has 0 spiro atoms. The topological polar surface area (TPSA) is 78.9 Å². The monoisotopic (exact) mass is 1080 g/mol. The van der Waals surface area contributed by atoms with Crippen LogP contribution in [0.3, 0.4) is 0 Å². The molecule has 1 unspecified atom stereocenters. The predicted octanol–water partition coefficient (Wildman–Crippen LogP) is 23.1. The first-order valence-corrected chi connectivity index (χ1v) is 33.8. The summed E-state index contributed by atoms with van der Waals surface area (Å²) in [5, 5.41) is 0. The van der Waals surface area contributed by atoms with Gasteiger partial charge in [-0.15, -0.1) is 0 Å².